The molecule has 198 valence electrons. The molecular formula is C33H38N2O3. The number of aryl methyl sites for hydroxylation is 2. The molecule has 38 heavy (non-hydrogen) atoms. The van der Waals surface area contributed by atoms with Crippen LogP contribution >= 0.6 is 0 Å². The van der Waals surface area contributed by atoms with Crippen molar-refractivity contribution in [3.05, 3.63) is 95.6 Å². The summed E-state index contributed by atoms with van der Waals surface area (Å²) >= 11 is 0. The van der Waals surface area contributed by atoms with Gasteiger partial charge in [0.25, 0.3) is 0 Å². The summed E-state index contributed by atoms with van der Waals surface area (Å²) in [4.78, 5) is 38.8. The van der Waals surface area contributed by atoms with Crippen LogP contribution in [0, 0.1) is 18.3 Å². The van der Waals surface area contributed by atoms with Gasteiger partial charge in [0.05, 0.1) is 13.0 Å². The van der Waals surface area contributed by atoms with Crippen molar-refractivity contribution < 1.29 is 14.4 Å². The molecule has 0 bridgehead atoms. The second kappa shape index (κ2) is 12.8. The van der Waals surface area contributed by atoms with Crippen molar-refractivity contribution in [3.63, 3.8) is 0 Å². The Hall–Kier alpha value is -3.57. The van der Waals surface area contributed by atoms with Crippen LogP contribution in [0.15, 0.2) is 78.9 Å². The van der Waals surface area contributed by atoms with E-state index >= 15 is 0 Å². The molecular weight excluding hydrogens is 472 g/mol. The second-order valence-electron chi connectivity index (χ2n) is 10.6. The molecule has 0 unspecified atom stereocenters. The topological polar surface area (TPSA) is 89.3 Å². The molecule has 1 aliphatic carbocycles. The Morgan fingerprint density at radius 1 is 0.868 bits per heavy atom. The van der Waals surface area contributed by atoms with Gasteiger partial charge in [-0.05, 0) is 66.8 Å². The number of hydrogen-bond acceptors (Lipinski definition) is 4. The molecule has 3 aromatic carbocycles. The van der Waals surface area contributed by atoms with Crippen LogP contribution in [0.2, 0.25) is 0 Å². The van der Waals surface area contributed by atoms with Gasteiger partial charge in [-0.3, -0.25) is 14.4 Å². The van der Waals surface area contributed by atoms with E-state index in [-0.39, 0.29) is 36.4 Å². The van der Waals surface area contributed by atoms with E-state index < -0.39 is 5.41 Å². The summed E-state index contributed by atoms with van der Waals surface area (Å²) in [5, 5.41) is 3.07. The van der Waals surface area contributed by atoms with Gasteiger partial charge in [0.15, 0.2) is 0 Å². The third-order valence-corrected chi connectivity index (χ3v) is 8.12. The average molecular weight is 511 g/mol. The molecule has 0 aliphatic heterocycles. The molecule has 0 spiro atoms. The maximum Gasteiger partial charge on any atom is 0.224 e. The number of nitrogens with two attached hydrogens (primary N) is 1. The van der Waals surface area contributed by atoms with Gasteiger partial charge in [0.1, 0.15) is 11.6 Å². The standard InChI is InChI=1S/C33H38N2O3/c1-24-7-5-6-8-26(24)15-16-31(37)33(19-17-29(18-20-33)30(36)22-34)23-35-32(38)21-25-11-13-28(14-12-25)27-9-3-2-4-10-27/h2-14,29H,15-23,34H2,1H3,(H,35,38). The quantitative estimate of drug-likeness (QED) is 0.370. The molecule has 0 atom stereocenters. The lowest BCUT2D eigenvalue weighted by atomic mass is 9.66. The SMILES string of the molecule is Cc1ccccc1CCC(=O)C1(CNC(=O)Cc2ccc(-c3ccccc3)cc2)CCC(C(=O)CN)CC1. The number of ketones is 2. The maximum atomic E-state index is 13.6. The lowest BCUT2D eigenvalue weighted by Gasteiger charge is -2.39. The fraction of sp³-hybridized carbons (Fsp3) is 0.364. The fourth-order valence-corrected chi connectivity index (χ4v) is 5.58. The van der Waals surface area contributed by atoms with E-state index in [4.69, 9.17) is 5.73 Å². The summed E-state index contributed by atoms with van der Waals surface area (Å²) in [7, 11) is 0. The normalized spacial score (nSPS) is 19.1. The molecule has 0 radical (unpaired) electrons. The summed E-state index contributed by atoms with van der Waals surface area (Å²) in [6, 6.07) is 26.3. The van der Waals surface area contributed by atoms with E-state index in [1.807, 2.05) is 54.6 Å². The zero-order valence-corrected chi connectivity index (χ0v) is 22.2. The molecule has 1 saturated carbocycles. The van der Waals surface area contributed by atoms with Gasteiger partial charge in [-0.1, -0.05) is 78.9 Å². The molecule has 1 fully saturated rings. The Kier molecular flexibility index (Phi) is 9.24. The highest BCUT2D eigenvalue weighted by Gasteiger charge is 2.42. The van der Waals surface area contributed by atoms with Crippen LogP contribution in [0.5, 0.6) is 0 Å². The van der Waals surface area contributed by atoms with E-state index in [1.54, 1.807) is 0 Å². The van der Waals surface area contributed by atoms with E-state index in [9.17, 15) is 14.4 Å². The first-order valence-corrected chi connectivity index (χ1v) is 13.6. The summed E-state index contributed by atoms with van der Waals surface area (Å²) in [5.74, 6) is 0.0562. The number of rotatable bonds is 11. The summed E-state index contributed by atoms with van der Waals surface area (Å²) < 4.78 is 0. The smallest absolute Gasteiger partial charge is 0.224 e. The highest BCUT2D eigenvalue weighted by atomic mass is 16.2. The highest BCUT2D eigenvalue weighted by Crippen LogP contribution is 2.41. The largest absolute Gasteiger partial charge is 0.355 e. The first kappa shape index (κ1) is 27.5. The van der Waals surface area contributed by atoms with Crippen molar-refractivity contribution in [3.8, 4) is 11.1 Å². The average Bonchev–Trinajstić information content (AvgIpc) is 2.96. The van der Waals surface area contributed by atoms with Crippen molar-refractivity contribution in [1.29, 1.82) is 0 Å². The van der Waals surface area contributed by atoms with Crippen molar-refractivity contribution in [2.75, 3.05) is 13.1 Å². The van der Waals surface area contributed by atoms with E-state index in [0.29, 0.717) is 45.1 Å². The second-order valence-corrected chi connectivity index (χ2v) is 10.6. The number of hydrogen-bond donors (Lipinski definition) is 2. The van der Waals surface area contributed by atoms with Gasteiger partial charge < -0.3 is 11.1 Å². The Balaban J connectivity index is 1.39. The van der Waals surface area contributed by atoms with Crippen molar-refractivity contribution in [2.45, 2.75) is 51.9 Å². The van der Waals surface area contributed by atoms with E-state index in [1.165, 1.54) is 11.1 Å². The van der Waals surface area contributed by atoms with Crippen molar-refractivity contribution >= 4 is 17.5 Å². The van der Waals surface area contributed by atoms with Crippen LogP contribution in [0.1, 0.15) is 48.8 Å². The molecule has 4 rings (SSSR count). The predicted octanol–water partition coefficient (Wildman–Crippen LogP) is 5.23. The maximum absolute atomic E-state index is 13.6. The molecule has 5 nitrogen and oxygen atoms in total. The first-order valence-electron chi connectivity index (χ1n) is 13.6. The van der Waals surface area contributed by atoms with Crippen LogP contribution in [0.4, 0.5) is 0 Å². The molecule has 0 heterocycles. The van der Waals surface area contributed by atoms with Gasteiger partial charge in [-0.25, -0.2) is 0 Å². The molecule has 3 aromatic rings. The van der Waals surface area contributed by atoms with Gasteiger partial charge in [-0.2, -0.15) is 0 Å². The van der Waals surface area contributed by atoms with Gasteiger partial charge in [0.2, 0.25) is 5.91 Å². The van der Waals surface area contributed by atoms with Crippen molar-refractivity contribution in [2.24, 2.45) is 17.1 Å². The minimum atomic E-state index is -0.638. The van der Waals surface area contributed by atoms with Gasteiger partial charge in [-0.15, -0.1) is 0 Å². The number of benzene rings is 3. The van der Waals surface area contributed by atoms with E-state index in [2.05, 4.69) is 36.5 Å². The number of nitrogens with one attached hydrogen (secondary N) is 1. The predicted molar refractivity (Wildman–Crippen MR) is 152 cm³/mol. The summed E-state index contributed by atoms with van der Waals surface area (Å²) in [6.07, 6.45) is 3.85. The summed E-state index contributed by atoms with van der Waals surface area (Å²) in [6.45, 7) is 2.41. The number of Topliss-reactive ketones (excluding diaryl/α,β-unsaturated/α-hetero) is 2. The molecule has 3 N–H and O–H groups in total. The Morgan fingerprint density at radius 2 is 1.50 bits per heavy atom. The third kappa shape index (κ3) is 6.84. The Bertz CT molecular complexity index is 1240. The third-order valence-electron chi connectivity index (χ3n) is 8.12. The monoisotopic (exact) mass is 510 g/mol. The number of carbonyl (C=O) groups excluding carboxylic acids is 3. The van der Waals surface area contributed by atoms with Gasteiger partial charge >= 0.3 is 0 Å². The van der Waals surface area contributed by atoms with Gasteiger partial charge in [0, 0.05) is 24.3 Å². The van der Waals surface area contributed by atoms with Crippen LogP contribution in [-0.4, -0.2) is 30.6 Å². The van der Waals surface area contributed by atoms with E-state index in [0.717, 1.165) is 16.7 Å². The molecule has 1 aliphatic rings. The first-order chi connectivity index (χ1) is 18.4. The molecule has 0 saturated heterocycles. The van der Waals surface area contributed by atoms with Crippen LogP contribution < -0.4 is 11.1 Å². The lowest BCUT2D eigenvalue weighted by molar-refractivity contribution is -0.134. The highest BCUT2D eigenvalue weighted by molar-refractivity contribution is 5.88. The minimum absolute atomic E-state index is 0.0404. The molecule has 5 heteroatoms. The molecule has 0 aromatic heterocycles. The zero-order chi connectivity index (χ0) is 27.0. The van der Waals surface area contributed by atoms with Crippen molar-refractivity contribution in [1.82, 2.24) is 5.32 Å². The van der Waals surface area contributed by atoms with Crippen LogP contribution in [-0.2, 0) is 27.2 Å². The Morgan fingerprint density at radius 3 is 2.16 bits per heavy atom. The fourth-order valence-electron chi connectivity index (χ4n) is 5.58. The number of amides is 1. The minimum Gasteiger partial charge on any atom is -0.355 e. The number of carbonyl (C=O) groups is 3. The zero-order valence-electron chi connectivity index (χ0n) is 22.2. The lowest BCUT2D eigenvalue weighted by Crippen LogP contribution is -2.46. The van der Waals surface area contributed by atoms with Crippen LogP contribution in [0.3, 0.4) is 0 Å². The molecule has 1 amide bonds. The summed E-state index contributed by atoms with van der Waals surface area (Å²) in [5.41, 5.74) is 10.5. The Labute approximate surface area is 225 Å². The van der Waals surface area contributed by atoms with Crippen LogP contribution in [0.25, 0.3) is 11.1 Å².